The van der Waals surface area contributed by atoms with Crippen LogP contribution in [0.3, 0.4) is 0 Å². The first-order chi connectivity index (χ1) is 8.74. The number of anilines is 1. The van der Waals surface area contributed by atoms with E-state index >= 15 is 0 Å². The van der Waals surface area contributed by atoms with E-state index in [4.69, 9.17) is 8.71 Å². The molecule has 0 amide bonds. The molecule has 1 aromatic heterocycles. The van der Waals surface area contributed by atoms with Crippen molar-refractivity contribution in [2.24, 2.45) is 5.92 Å². The lowest BCUT2D eigenvalue weighted by Crippen LogP contribution is -2.37. The molecule has 0 bridgehead atoms. The molecule has 1 aliphatic rings. The van der Waals surface area contributed by atoms with Crippen LogP contribution in [0.2, 0.25) is 0 Å². The molecule has 1 fully saturated rings. The molecule has 0 spiro atoms. The predicted octanol–water partition coefficient (Wildman–Crippen LogP) is 2.53. The van der Waals surface area contributed by atoms with Crippen LogP contribution >= 0.6 is 12.0 Å². The van der Waals surface area contributed by atoms with Crippen LogP contribution in [-0.4, -0.2) is 35.6 Å². The highest BCUT2D eigenvalue weighted by molar-refractivity contribution is 7.93. The molecule has 5 nitrogen and oxygen atoms in total. The van der Waals surface area contributed by atoms with Crippen molar-refractivity contribution in [2.75, 3.05) is 24.2 Å². The van der Waals surface area contributed by atoms with E-state index in [9.17, 15) is 0 Å². The van der Waals surface area contributed by atoms with Crippen LogP contribution in [-0.2, 0) is 10.6 Å². The summed E-state index contributed by atoms with van der Waals surface area (Å²) in [5.41, 5.74) is 0. The lowest BCUT2D eigenvalue weighted by molar-refractivity contribution is 0.158. The summed E-state index contributed by atoms with van der Waals surface area (Å²) in [6.07, 6.45) is 5.34. The van der Waals surface area contributed by atoms with Gasteiger partial charge in [-0.15, -0.1) is 0 Å². The molecule has 0 saturated carbocycles. The normalized spacial score (nSPS) is 19.2. The number of hydrogen-bond acceptors (Lipinski definition) is 6. The molecular formula is C12H21N3O2S. The van der Waals surface area contributed by atoms with Crippen LogP contribution in [0, 0.1) is 5.92 Å². The summed E-state index contributed by atoms with van der Waals surface area (Å²) in [6.45, 7) is 6.12. The zero-order chi connectivity index (χ0) is 13.0. The van der Waals surface area contributed by atoms with Crippen molar-refractivity contribution in [3.05, 3.63) is 5.82 Å². The quantitative estimate of drug-likeness (QED) is 0.767. The van der Waals surface area contributed by atoms with Crippen LogP contribution < -0.4 is 4.90 Å². The third-order valence-electron chi connectivity index (χ3n) is 3.50. The highest BCUT2D eigenvalue weighted by Gasteiger charge is 2.26. The number of nitrogens with zero attached hydrogens (tertiary/aromatic N) is 3. The van der Waals surface area contributed by atoms with Crippen molar-refractivity contribution in [3.8, 4) is 0 Å². The highest BCUT2D eigenvalue weighted by atomic mass is 32.2. The first kappa shape index (κ1) is 13.7. The Morgan fingerprint density at radius 1 is 1.50 bits per heavy atom. The van der Waals surface area contributed by atoms with Gasteiger partial charge in [-0.1, -0.05) is 12.1 Å². The largest absolute Gasteiger partial charge is 0.324 e. The van der Waals surface area contributed by atoms with Gasteiger partial charge in [-0.05, 0) is 37.7 Å². The number of aryl methyl sites for hydroxylation is 1. The predicted molar refractivity (Wildman–Crippen MR) is 72.7 cm³/mol. The fourth-order valence-corrected chi connectivity index (χ4v) is 2.77. The second kappa shape index (κ2) is 6.43. The summed E-state index contributed by atoms with van der Waals surface area (Å²) in [4.78, 5) is 6.55. The second-order valence-corrected chi connectivity index (χ2v) is 5.17. The maximum Gasteiger partial charge on any atom is 0.324 e. The Bertz CT molecular complexity index is 364. The van der Waals surface area contributed by atoms with E-state index in [2.05, 4.69) is 22.0 Å². The molecule has 1 atom stereocenters. The molecule has 1 saturated heterocycles. The van der Waals surface area contributed by atoms with Gasteiger partial charge in [0, 0.05) is 25.8 Å². The molecule has 1 unspecified atom stereocenters. The van der Waals surface area contributed by atoms with Gasteiger partial charge in [-0.25, -0.2) is 0 Å². The summed E-state index contributed by atoms with van der Waals surface area (Å²) in [5.74, 6) is 1.41. The molecular weight excluding hydrogens is 250 g/mol. The van der Waals surface area contributed by atoms with Gasteiger partial charge >= 0.3 is 6.01 Å². The van der Waals surface area contributed by atoms with Crippen molar-refractivity contribution < 1.29 is 8.71 Å². The Morgan fingerprint density at radius 2 is 2.22 bits per heavy atom. The maximum atomic E-state index is 5.59. The highest BCUT2D eigenvalue weighted by Crippen LogP contribution is 2.26. The smallest absolute Gasteiger partial charge is 0.324 e. The topological polar surface area (TPSA) is 51.4 Å². The molecule has 0 aliphatic carbocycles. The molecule has 0 aromatic carbocycles. The average molecular weight is 271 g/mol. The summed E-state index contributed by atoms with van der Waals surface area (Å²) in [7, 11) is 0. The Labute approximate surface area is 112 Å². The van der Waals surface area contributed by atoms with Gasteiger partial charge in [0.1, 0.15) is 0 Å². The fourth-order valence-electron chi connectivity index (χ4n) is 2.31. The lowest BCUT2D eigenvalue weighted by Gasteiger charge is -2.33. The molecule has 1 aliphatic heterocycles. The zero-order valence-corrected chi connectivity index (χ0v) is 12.1. The zero-order valence-electron chi connectivity index (χ0n) is 11.3. The van der Waals surface area contributed by atoms with Crippen LogP contribution in [0.25, 0.3) is 0 Å². The average Bonchev–Trinajstić information content (AvgIpc) is 2.88. The third-order valence-corrected chi connectivity index (χ3v) is 3.99. The van der Waals surface area contributed by atoms with E-state index < -0.39 is 0 Å². The molecule has 0 radical (unpaired) electrons. The minimum absolute atomic E-state index is 0.316. The van der Waals surface area contributed by atoms with Gasteiger partial charge in [0.25, 0.3) is 0 Å². The van der Waals surface area contributed by atoms with Gasteiger partial charge in [-0.3, -0.25) is 0 Å². The standard InChI is InChI=1S/C12H21N3O2S/c1-4-11-13-12(16-14-11)15-7-5-10(6-8-15)9(2)17-18-3/h9-10H,4-8H2,1-3H3. The summed E-state index contributed by atoms with van der Waals surface area (Å²) >= 11 is 1.45. The molecule has 2 heterocycles. The van der Waals surface area contributed by atoms with Gasteiger partial charge in [0.2, 0.25) is 0 Å². The van der Waals surface area contributed by atoms with Gasteiger partial charge < -0.3 is 13.6 Å². The molecule has 6 heteroatoms. The fraction of sp³-hybridized carbons (Fsp3) is 0.833. The van der Waals surface area contributed by atoms with Crippen molar-refractivity contribution in [3.63, 3.8) is 0 Å². The second-order valence-electron chi connectivity index (χ2n) is 4.64. The van der Waals surface area contributed by atoms with E-state index in [0.29, 0.717) is 18.0 Å². The Morgan fingerprint density at radius 3 is 2.78 bits per heavy atom. The van der Waals surface area contributed by atoms with Crippen molar-refractivity contribution >= 4 is 18.1 Å². The molecule has 0 N–H and O–H groups in total. The monoisotopic (exact) mass is 271 g/mol. The third kappa shape index (κ3) is 3.17. The van der Waals surface area contributed by atoms with E-state index in [-0.39, 0.29) is 0 Å². The van der Waals surface area contributed by atoms with Crippen LogP contribution in [0.15, 0.2) is 4.52 Å². The van der Waals surface area contributed by atoms with Crippen molar-refractivity contribution in [1.82, 2.24) is 10.1 Å². The first-order valence-corrected chi connectivity index (χ1v) is 7.66. The van der Waals surface area contributed by atoms with Gasteiger partial charge in [0.15, 0.2) is 5.82 Å². The Hall–Kier alpha value is -0.750. The first-order valence-electron chi connectivity index (χ1n) is 6.51. The SMILES string of the molecule is CCc1noc(N2CCC(C(C)OSC)CC2)n1. The minimum Gasteiger partial charge on any atom is -0.324 e. The van der Waals surface area contributed by atoms with Crippen LogP contribution in [0.1, 0.15) is 32.5 Å². The van der Waals surface area contributed by atoms with Gasteiger partial charge in [0.05, 0.1) is 6.10 Å². The molecule has 18 heavy (non-hydrogen) atoms. The number of aromatic nitrogens is 2. The molecule has 2 rings (SSSR count). The van der Waals surface area contributed by atoms with Gasteiger partial charge in [-0.2, -0.15) is 4.98 Å². The van der Waals surface area contributed by atoms with E-state index in [1.54, 1.807) is 0 Å². The van der Waals surface area contributed by atoms with E-state index in [1.807, 2.05) is 13.2 Å². The van der Waals surface area contributed by atoms with Crippen LogP contribution in [0.5, 0.6) is 0 Å². The maximum absolute atomic E-state index is 5.59. The Balaban J connectivity index is 1.86. The summed E-state index contributed by atoms with van der Waals surface area (Å²) < 4.78 is 10.9. The van der Waals surface area contributed by atoms with Crippen molar-refractivity contribution in [2.45, 2.75) is 39.2 Å². The number of piperidine rings is 1. The van der Waals surface area contributed by atoms with Crippen molar-refractivity contribution in [1.29, 1.82) is 0 Å². The lowest BCUT2D eigenvalue weighted by atomic mass is 9.92. The Kier molecular flexibility index (Phi) is 4.88. The summed E-state index contributed by atoms with van der Waals surface area (Å²) in [5, 5.41) is 3.94. The molecule has 1 aromatic rings. The van der Waals surface area contributed by atoms with Crippen LogP contribution in [0.4, 0.5) is 6.01 Å². The molecule has 102 valence electrons. The van der Waals surface area contributed by atoms with E-state index in [0.717, 1.165) is 38.2 Å². The number of rotatable bonds is 5. The minimum atomic E-state index is 0.316. The summed E-state index contributed by atoms with van der Waals surface area (Å²) in [6, 6.07) is 0.670. The number of hydrogen-bond donors (Lipinski definition) is 0. The van der Waals surface area contributed by atoms with E-state index in [1.165, 1.54) is 12.0 Å².